The van der Waals surface area contributed by atoms with E-state index in [4.69, 9.17) is 10.5 Å². The van der Waals surface area contributed by atoms with Crippen molar-refractivity contribution in [1.82, 2.24) is 24.8 Å². The number of ether oxygens (including phenoxy) is 1. The second-order valence-electron chi connectivity index (χ2n) is 8.11. The largest absolute Gasteiger partial charge is 0.387 e. The number of aliphatic hydroxyl groups is 2. The highest BCUT2D eigenvalue weighted by atomic mass is 32.2. The zero-order chi connectivity index (χ0) is 24.4. The van der Waals surface area contributed by atoms with Crippen LogP contribution in [0.25, 0.3) is 21.9 Å². The molecule has 0 saturated carbocycles. The van der Waals surface area contributed by atoms with Crippen LogP contribution in [0.3, 0.4) is 0 Å². The van der Waals surface area contributed by atoms with Gasteiger partial charge in [-0.1, -0.05) is 36.4 Å². The van der Waals surface area contributed by atoms with E-state index in [1.807, 2.05) is 42.5 Å². The molecule has 0 radical (unpaired) electrons. The lowest BCUT2D eigenvalue weighted by Gasteiger charge is -2.16. The number of benzene rings is 2. The van der Waals surface area contributed by atoms with Crippen LogP contribution in [0.5, 0.6) is 0 Å². The van der Waals surface area contributed by atoms with Crippen LogP contribution in [-0.2, 0) is 4.74 Å². The molecule has 35 heavy (non-hydrogen) atoms. The molecule has 4 atom stereocenters. The normalized spacial score (nSPS) is 22.0. The zero-order valence-corrected chi connectivity index (χ0v) is 19.4. The number of fused-ring (bicyclic) bond motifs is 2. The van der Waals surface area contributed by atoms with Gasteiger partial charge >= 0.3 is 6.03 Å². The highest BCUT2D eigenvalue weighted by Gasteiger charge is 2.44. The van der Waals surface area contributed by atoms with Gasteiger partial charge in [-0.05, 0) is 11.5 Å². The number of thioether (sulfide) groups is 1. The second-order valence-corrected chi connectivity index (χ2v) is 9.26. The number of nitrogens with one attached hydrogen (secondary N) is 2. The van der Waals surface area contributed by atoms with Gasteiger partial charge in [-0.25, -0.2) is 19.7 Å². The molecule has 1 saturated heterocycles. The summed E-state index contributed by atoms with van der Waals surface area (Å²) < 4.78 is 7.47. The van der Waals surface area contributed by atoms with E-state index in [0.29, 0.717) is 29.2 Å². The third kappa shape index (κ3) is 4.73. The molecule has 2 aromatic carbocycles. The van der Waals surface area contributed by atoms with Crippen LogP contribution in [0.2, 0.25) is 0 Å². The molecule has 11 nitrogen and oxygen atoms in total. The van der Waals surface area contributed by atoms with E-state index >= 15 is 0 Å². The molecule has 2 aromatic heterocycles. The minimum atomic E-state index is -1.15. The smallest absolute Gasteiger partial charge is 0.319 e. The van der Waals surface area contributed by atoms with Crippen molar-refractivity contribution in [2.24, 2.45) is 0 Å². The monoisotopic (exact) mass is 495 g/mol. The average molecular weight is 496 g/mol. The number of nitrogens with two attached hydrogens (primary N) is 1. The van der Waals surface area contributed by atoms with E-state index in [1.54, 1.807) is 4.57 Å². The van der Waals surface area contributed by atoms with E-state index in [-0.39, 0.29) is 11.8 Å². The molecule has 2 amide bonds. The van der Waals surface area contributed by atoms with E-state index in [1.165, 1.54) is 24.4 Å². The maximum atomic E-state index is 12.3. The molecule has 0 aliphatic carbocycles. The number of nitrogens with zero attached hydrogens (tertiary/aromatic N) is 4. The highest BCUT2D eigenvalue weighted by Crippen LogP contribution is 2.33. The summed E-state index contributed by atoms with van der Waals surface area (Å²) in [6, 6.07) is 13.3. The molecule has 1 aliphatic heterocycles. The maximum absolute atomic E-state index is 12.3. The Balaban J connectivity index is 1.10. The van der Waals surface area contributed by atoms with E-state index in [0.717, 1.165) is 16.5 Å². The quantitative estimate of drug-likeness (QED) is 0.241. The lowest BCUT2D eigenvalue weighted by Crippen LogP contribution is -2.33. The Morgan fingerprint density at radius 2 is 1.94 bits per heavy atom. The summed E-state index contributed by atoms with van der Waals surface area (Å²) in [4.78, 5) is 24.6. The fourth-order valence-corrected chi connectivity index (χ4v) is 5.01. The van der Waals surface area contributed by atoms with Crippen molar-refractivity contribution >= 4 is 51.2 Å². The van der Waals surface area contributed by atoms with Crippen LogP contribution in [0.1, 0.15) is 6.23 Å². The summed E-state index contributed by atoms with van der Waals surface area (Å²) in [5.74, 6) is 1.27. The first-order chi connectivity index (χ1) is 17.0. The van der Waals surface area contributed by atoms with Crippen LogP contribution in [0.4, 0.5) is 16.3 Å². The Kier molecular flexibility index (Phi) is 6.68. The Labute approximate surface area is 204 Å². The number of amides is 2. The van der Waals surface area contributed by atoms with Gasteiger partial charge < -0.3 is 31.3 Å². The van der Waals surface area contributed by atoms with Gasteiger partial charge in [0.2, 0.25) is 0 Å². The molecular weight excluding hydrogens is 470 g/mol. The molecule has 5 rings (SSSR count). The molecule has 182 valence electrons. The average Bonchev–Trinajstić information content (AvgIpc) is 3.41. The van der Waals surface area contributed by atoms with E-state index in [2.05, 4.69) is 25.6 Å². The third-order valence-electron chi connectivity index (χ3n) is 5.85. The molecule has 12 heteroatoms. The van der Waals surface area contributed by atoms with Crippen LogP contribution < -0.4 is 16.4 Å². The number of carbonyl (C=O) groups is 1. The van der Waals surface area contributed by atoms with E-state index in [9.17, 15) is 15.0 Å². The number of carbonyl (C=O) groups excluding carboxylic acids is 1. The molecule has 1 fully saturated rings. The standard InChI is InChI=1S/C23H25N7O4S/c24-20-17-21(27-11-26-20)30(12-28-17)22-19(32)18(31)16(34-22)10-35-9-8-25-23(33)29-15-7-3-5-13-4-1-2-6-14(13)15/h1-7,11-12,16,18-19,22,31-32H,8-10H2,(H2,24,26,27)(H2,25,29,33)/t16-,18-,19-,22-/m1/s1. The Bertz CT molecular complexity index is 1340. The van der Waals surface area contributed by atoms with Gasteiger partial charge in [0.1, 0.15) is 24.1 Å². The Hall–Kier alpha value is -3.45. The lowest BCUT2D eigenvalue weighted by molar-refractivity contribution is -0.0289. The van der Waals surface area contributed by atoms with Gasteiger partial charge in [-0.15, -0.1) is 0 Å². The van der Waals surface area contributed by atoms with Gasteiger partial charge in [0.05, 0.1) is 18.1 Å². The number of hydrogen-bond acceptors (Lipinski definition) is 9. The molecule has 0 unspecified atom stereocenters. The van der Waals surface area contributed by atoms with Crippen molar-refractivity contribution in [1.29, 1.82) is 0 Å². The molecule has 4 aromatic rings. The number of nitrogen functional groups attached to an aromatic ring is 1. The number of anilines is 2. The van der Waals surface area contributed by atoms with Gasteiger partial charge in [0.15, 0.2) is 17.7 Å². The summed E-state index contributed by atoms with van der Waals surface area (Å²) in [7, 11) is 0. The fraction of sp³-hybridized carbons (Fsp3) is 0.304. The lowest BCUT2D eigenvalue weighted by atomic mass is 10.1. The Morgan fingerprint density at radius 3 is 2.83 bits per heavy atom. The van der Waals surface area contributed by atoms with Gasteiger partial charge in [-0.3, -0.25) is 4.57 Å². The van der Waals surface area contributed by atoms with Crippen LogP contribution >= 0.6 is 11.8 Å². The van der Waals surface area contributed by atoms with Gasteiger partial charge in [0, 0.05) is 23.4 Å². The van der Waals surface area contributed by atoms with Gasteiger partial charge in [-0.2, -0.15) is 11.8 Å². The van der Waals surface area contributed by atoms with Crippen molar-refractivity contribution in [2.75, 3.05) is 29.1 Å². The first-order valence-corrected chi connectivity index (χ1v) is 12.2. The minimum Gasteiger partial charge on any atom is -0.387 e. The fourth-order valence-electron chi connectivity index (χ4n) is 4.09. The number of rotatable bonds is 7. The molecular formula is C23H25N7O4S. The van der Waals surface area contributed by atoms with Crippen molar-refractivity contribution < 1.29 is 19.7 Å². The summed E-state index contributed by atoms with van der Waals surface area (Å²) in [6.45, 7) is 0.429. The van der Waals surface area contributed by atoms with Crippen molar-refractivity contribution in [3.05, 3.63) is 55.1 Å². The first kappa shape index (κ1) is 23.3. The minimum absolute atomic E-state index is 0.228. The van der Waals surface area contributed by atoms with Crippen LogP contribution in [0, 0.1) is 0 Å². The van der Waals surface area contributed by atoms with E-state index < -0.39 is 24.5 Å². The number of aromatic nitrogens is 4. The van der Waals surface area contributed by atoms with Crippen molar-refractivity contribution in [2.45, 2.75) is 24.5 Å². The molecule has 6 N–H and O–H groups in total. The first-order valence-electron chi connectivity index (χ1n) is 11.1. The van der Waals surface area contributed by atoms with Gasteiger partial charge in [0.25, 0.3) is 0 Å². The maximum Gasteiger partial charge on any atom is 0.319 e. The summed E-state index contributed by atoms with van der Waals surface area (Å²) in [5.41, 5.74) is 7.39. The second kappa shape index (κ2) is 10.0. The topological polar surface area (TPSA) is 160 Å². The number of imidazole rings is 1. The SMILES string of the molecule is Nc1ncnc2c1ncn2[C@@H]1O[C@H](CSCCNC(=O)Nc2cccc3ccccc23)[C@@H](O)[C@H]1O. The molecule has 0 bridgehead atoms. The zero-order valence-electron chi connectivity index (χ0n) is 18.6. The number of urea groups is 1. The summed E-state index contributed by atoms with van der Waals surface area (Å²) >= 11 is 1.50. The number of hydrogen-bond donors (Lipinski definition) is 5. The summed E-state index contributed by atoms with van der Waals surface area (Å²) in [6.07, 6.45) is -0.902. The molecule has 0 spiro atoms. The highest BCUT2D eigenvalue weighted by molar-refractivity contribution is 7.99. The van der Waals surface area contributed by atoms with Crippen LogP contribution in [0.15, 0.2) is 55.1 Å². The number of aliphatic hydroxyl groups excluding tert-OH is 2. The predicted octanol–water partition coefficient (Wildman–Crippen LogP) is 1.74. The van der Waals surface area contributed by atoms with Crippen LogP contribution in [-0.4, -0.2) is 72.1 Å². The Morgan fingerprint density at radius 1 is 1.11 bits per heavy atom. The predicted molar refractivity (Wildman–Crippen MR) is 134 cm³/mol. The van der Waals surface area contributed by atoms with Crippen molar-refractivity contribution in [3.8, 4) is 0 Å². The summed E-state index contributed by atoms with van der Waals surface area (Å²) in [5, 5.41) is 28.8. The third-order valence-corrected chi connectivity index (χ3v) is 6.91. The molecule has 3 heterocycles. The molecule has 1 aliphatic rings. The van der Waals surface area contributed by atoms with Crippen molar-refractivity contribution in [3.63, 3.8) is 0 Å².